The lowest BCUT2D eigenvalue weighted by Gasteiger charge is -2.09. The zero-order valence-electron chi connectivity index (χ0n) is 11.8. The second-order valence-corrected chi connectivity index (χ2v) is 8.22. The van der Waals surface area contributed by atoms with Crippen molar-refractivity contribution in [3.8, 4) is 0 Å². The lowest BCUT2D eigenvalue weighted by molar-refractivity contribution is -0.121. The molecule has 1 aromatic carbocycles. The highest BCUT2D eigenvalue weighted by Crippen LogP contribution is 2.17. The van der Waals surface area contributed by atoms with Crippen molar-refractivity contribution < 1.29 is 13.2 Å². The van der Waals surface area contributed by atoms with Crippen molar-refractivity contribution in [2.24, 2.45) is 5.92 Å². The maximum atomic E-state index is 11.7. The molecule has 1 amide bonds. The van der Waals surface area contributed by atoms with Crippen LogP contribution >= 0.6 is 11.6 Å². The summed E-state index contributed by atoms with van der Waals surface area (Å²) in [7, 11) is -2.86. The van der Waals surface area contributed by atoms with Crippen LogP contribution in [0.1, 0.15) is 24.8 Å². The molecule has 116 valence electrons. The number of nitrogens with one attached hydrogen (secondary N) is 1. The number of hydrogen-bond donors (Lipinski definition) is 1. The molecule has 0 unspecified atom stereocenters. The van der Waals surface area contributed by atoms with Crippen molar-refractivity contribution in [2.45, 2.75) is 25.7 Å². The van der Waals surface area contributed by atoms with Gasteiger partial charge in [-0.05, 0) is 42.9 Å². The smallest absolute Gasteiger partial charge is 0.220 e. The van der Waals surface area contributed by atoms with Gasteiger partial charge in [-0.15, -0.1) is 0 Å². The minimum Gasteiger partial charge on any atom is -0.356 e. The number of amides is 1. The highest BCUT2D eigenvalue weighted by atomic mass is 35.5. The predicted molar refractivity (Wildman–Crippen MR) is 84.2 cm³/mol. The number of aryl methyl sites for hydroxylation is 1. The molecular formula is C15H20ClNO3S. The average Bonchev–Trinajstić information content (AvgIpc) is 2.78. The minimum absolute atomic E-state index is 0.00624. The van der Waals surface area contributed by atoms with Crippen LogP contribution < -0.4 is 5.32 Å². The van der Waals surface area contributed by atoms with Gasteiger partial charge in [0.1, 0.15) is 0 Å². The van der Waals surface area contributed by atoms with Gasteiger partial charge < -0.3 is 5.32 Å². The molecule has 1 fully saturated rings. The summed E-state index contributed by atoms with van der Waals surface area (Å²) in [6.45, 7) is 0.471. The lowest BCUT2D eigenvalue weighted by Crippen LogP contribution is -2.29. The van der Waals surface area contributed by atoms with E-state index in [1.807, 2.05) is 24.3 Å². The first kappa shape index (κ1) is 16.3. The number of rotatable bonds is 6. The summed E-state index contributed by atoms with van der Waals surface area (Å²) < 4.78 is 22.6. The van der Waals surface area contributed by atoms with Crippen LogP contribution in [0.25, 0.3) is 0 Å². The molecule has 2 rings (SSSR count). The normalized spacial score (nSPS) is 20.3. The first-order chi connectivity index (χ1) is 9.94. The minimum atomic E-state index is -2.86. The van der Waals surface area contributed by atoms with Crippen LogP contribution in [-0.2, 0) is 21.1 Å². The third-order valence-corrected chi connectivity index (χ3v) is 5.79. The molecule has 1 atom stereocenters. The largest absolute Gasteiger partial charge is 0.356 e. The van der Waals surface area contributed by atoms with E-state index in [1.54, 1.807) is 0 Å². The number of benzene rings is 1. The summed E-state index contributed by atoms with van der Waals surface area (Å²) in [5, 5.41) is 3.54. The molecular weight excluding hydrogens is 310 g/mol. The Morgan fingerprint density at radius 3 is 2.62 bits per heavy atom. The maximum Gasteiger partial charge on any atom is 0.220 e. The SMILES string of the molecule is O=C(CCCc1ccc(Cl)cc1)NC[C@@H]1CCS(=O)(=O)C1. The molecule has 1 aliphatic heterocycles. The van der Waals surface area contributed by atoms with Crippen molar-refractivity contribution in [3.05, 3.63) is 34.9 Å². The van der Waals surface area contributed by atoms with Crippen LogP contribution in [0.2, 0.25) is 5.02 Å². The second kappa shape index (κ2) is 7.27. The Kier molecular flexibility index (Phi) is 5.65. The number of carbonyl (C=O) groups is 1. The summed E-state index contributed by atoms with van der Waals surface area (Å²) in [4.78, 5) is 11.7. The third-order valence-electron chi connectivity index (χ3n) is 3.70. The summed E-state index contributed by atoms with van der Waals surface area (Å²) in [6, 6.07) is 7.61. The summed E-state index contributed by atoms with van der Waals surface area (Å²) in [5.74, 6) is 0.533. The van der Waals surface area contributed by atoms with Gasteiger partial charge in [-0.3, -0.25) is 4.79 Å². The fraction of sp³-hybridized carbons (Fsp3) is 0.533. The van der Waals surface area contributed by atoms with Gasteiger partial charge in [0.05, 0.1) is 11.5 Å². The topological polar surface area (TPSA) is 63.2 Å². The van der Waals surface area contributed by atoms with Gasteiger partial charge in [0.2, 0.25) is 5.91 Å². The molecule has 0 bridgehead atoms. The first-order valence-corrected chi connectivity index (χ1v) is 9.36. The molecule has 1 saturated heterocycles. The highest BCUT2D eigenvalue weighted by Gasteiger charge is 2.27. The third kappa shape index (κ3) is 5.67. The molecule has 1 N–H and O–H groups in total. The molecule has 1 heterocycles. The first-order valence-electron chi connectivity index (χ1n) is 7.16. The Labute approximate surface area is 130 Å². The van der Waals surface area contributed by atoms with E-state index in [4.69, 9.17) is 11.6 Å². The maximum absolute atomic E-state index is 11.7. The number of hydrogen-bond acceptors (Lipinski definition) is 3. The highest BCUT2D eigenvalue weighted by molar-refractivity contribution is 7.91. The van der Waals surface area contributed by atoms with Crippen LogP contribution in [0.5, 0.6) is 0 Å². The van der Waals surface area contributed by atoms with Crippen LogP contribution in [0.4, 0.5) is 0 Å². The van der Waals surface area contributed by atoms with E-state index in [1.165, 1.54) is 0 Å². The zero-order chi connectivity index (χ0) is 15.3. The van der Waals surface area contributed by atoms with Gasteiger partial charge in [0.25, 0.3) is 0 Å². The second-order valence-electron chi connectivity index (χ2n) is 5.55. The number of halogens is 1. The van der Waals surface area contributed by atoms with Gasteiger partial charge in [0, 0.05) is 18.0 Å². The van der Waals surface area contributed by atoms with E-state index < -0.39 is 9.84 Å². The fourth-order valence-electron chi connectivity index (χ4n) is 2.48. The Bertz CT molecular complexity index is 583. The molecule has 1 aliphatic rings. The van der Waals surface area contributed by atoms with Gasteiger partial charge in [-0.1, -0.05) is 23.7 Å². The lowest BCUT2D eigenvalue weighted by atomic mass is 10.1. The van der Waals surface area contributed by atoms with E-state index in [-0.39, 0.29) is 23.3 Å². The molecule has 0 spiro atoms. The van der Waals surface area contributed by atoms with Crippen molar-refractivity contribution >= 4 is 27.3 Å². The number of sulfone groups is 1. The van der Waals surface area contributed by atoms with Gasteiger partial charge in [-0.2, -0.15) is 0 Å². The predicted octanol–water partition coefficient (Wildman–Crippen LogP) is 2.21. The van der Waals surface area contributed by atoms with E-state index >= 15 is 0 Å². The molecule has 0 aliphatic carbocycles. The van der Waals surface area contributed by atoms with Crippen LogP contribution in [0.3, 0.4) is 0 Å². The monoisotopic (exact) mass is 329 g/mol. The van der Waals surface area contributed by atoms with Crippen LogP contribution in [-0.4, -0.2) is 32.4 Å². The summed E-state index contributed by atoms with van der Waals surface area (Å²) in [5.41, 5.74) is 1.16. The van der Waals surface area contributed by atoms with Gasteiger partial charge in [0.15, 0.2) is 9.84 Å². The fourth-order valence-corrected chi connectivity index (χ4v) is 4.47. The van der Waals surface area contributed by atoms with Gasteiger partial charge >= 0.3 is 0 Å². The van der Waals surface area contributed by atoms with Crippen molar-refractivity contribution in [1.82, 2.24) is 5.32 Å². The Balaban J connectivity index is 1.63. The van der Waals surface area contributed by atoms with E-state index in [0.717, 1.165) is 18.4 Å². The zero-order valence-corrected chi connectivity index (χ0v) is 13.4. The molecule has 1 aromatic rings. The quantitative estimate of drug-likeness (QED) is 0.870. The molecule has 4 nitrogen and oxygen atoms in total. The Morgan fingerprint density at radius 2 is 2.00 bits per heavy atom. The van der Waals surface area contributed by atoms with Crippen LogP contribution in [0, 0.1) is 5.92 Å². The molecule has 0 radical (unpaired) electrons. The standard InChI is InChI=1S/C15H20ClNO3S/c16-14-6-4-12(5-7-14)2-1-3-15(18)17-10-13-8-9-21(19,20)11-13/h4-7,13H,1-3,8-11H2,(H,17,18)/t13-/m0/s1. The molecule has 0 aromatic heterocycles. The summed E-state index contributed by atoms with van der Waals surface area (Å²) >= 11 is 5.81. The van der Waals surface area contributed by atoms with E-state index in [2.05, 4.69) is 5.32 Å². The van der Waals surface area contributed by atoms with E-state index in [0.29, 0.717) is 24.4 Å². The Morgan fingerprint density at radius 1 is 1.29 bits per heavy atom. The van der Waals surface area contributed by atoms with Crippen molar-refractivity contribution in [3.63, 3.8) is 0 Å². The molecule has 21 heavy (non-hydrogen) atoms. The average molecular weight is 330 g/mol. The summed E-state index contributed by atoms with van der Waals surface area (Å²) in [6.07, 6.45) is 2.73. The Hall–Kier alpha value is -1.07. The number of carbonyl (C=O) groups excluding carboxylic acids is 1. The van der Waals surface area contributed by atoms with E-state index in [9.17, 15) is 13.2 Å². The van der Waals surface area contributed by atoms with Crippen molar-refractivity contribution in [2.75, 3.05) is 18.1 Å². The molecule has 0 saturated carbocycles. The molecule has 6 heteroatoms. The van der Waals surface area contributed by atoms with Gasteiger partial charge in [-0.25, -0.2) is 8.42 Å². The van der Waals surface area contributed by atoms with Crippen molar-refractivity contribution in [1.29, 1.82) is 0 Å². The van der Waals surface area contributed by atoms with Crippen LogP contribution in [0.15, 0.2) is 24.3 Å².